The van der Waals surface area contributed by atoms with Gasteiger partial charge in [0.2, 0.25) is 0 Å². The van der Waals surface area contributed by atoms with Crippen molar-refractivity contribution in [3.63, 3.8) is 0 Å². The Balaban J connectivity index is 1.76. The summed E-state index contributed by atoms with van der Waals surface area (Å²) < 4.78 is 6.33. The lowest BCUT2D eigenvalue weighted by Crippen LogP contribution is -2.30. The van der Waals surface area contributed by atoms with Crippen molar-refractivity contribution in [2.75, 3.05) is 19.8 Å². The molecule has 16 heavy (non-hydrogen) atoms. The van der Waals surface area contributed by atoms with E-state index in [1.807, 2.05) is 6.07 Å². The molecule has 0 aliphatic carbocycles. The van der Waals surface area contributed by atoms with Gasteiger partial charge in [-0.25, -0.2) is 0 Å². The third kappa shape index (κ3) is 3.45. The fourth-order valence-corrected chi connectivity index (χ4v) is 3.06. The summed E-state index contributed by atoms with van der Waals surface area (Å²) in [6.45, 7) is 5.07. The van der Waals surface area contributed by atoms with E-state index in [1.54, 1.807) is 11.3 Å². The van der Waals surface area contributed by atoms with E-state index in [-0.39, 0.29) is 0 Å². The van der Waals surface area contributed by atoms with Gasteiger partial charge in [-0.2, -0.15) is 0 Å². The summed E-state index contributed by atoms with van der Waals surface area (Å²) in [5.74, 6) is 0.673. The van der Waals surface area contributed by atoms with Gasteiger partial charge in [0.15, 0.2) is 0 Å². The third-order valence-electron chi connectivity index (χ3n) is 2.99. The van der Waals surface area contributed by atoms with E-state index in [4.69, 9.17) is 16.3 Å². The zero-order chi connectivity index (χ0) is 11.4. The van der Waals surface area contributed by atoms with Crippen molar-refractivity contribution in [1.82, 2.24) is 5.32 Å². The molecule has 0 radical (unpaired) electrons. The van der Waals surface area contributed by atoms with Crippen LogP contribution < -0.4 is 5.32 Å². The molecule has 0 spiro atoms. The van der Waals surface area contributed by atoms with Gasteiger partial charge in [0.1, 0.15) is 0 Å². The van der Waals surface area contributed by atoms with E-state index in [2.05, 4.69) is 18.3 Å². The molecule has 1 fully saturated rings. The van der Waals surface area contributed by atoms with Crippen molar-refractivity contribution in [1.29, 1.82) is 0 Å². The van der Waals surface area contributed by atoms with E-state index >= 15 is 0 Å². The Morgan fingerprint density at radius 2 is 2.50 bits per heavy atom. The van der Waals surface area contributed by atoms with Crippen LogP contribution in [0.2, 0.25) is 4.34 Å². The summed E-state index contributed by atoms with van der Waals surface area (Å²) in [5, 5.41) is 3.55. The Morgan fingerprint density at radius 1 is 1.62 bits per heavy atom. The molecule has 0 bridgehead atoms. The smallest absolute Gasteiger partial charge is 0.0931 e. The molecule has 1 N–H and O–H groups in total. The van der Waals surface area contributed by atoms with E-state index in [1.165, 1.54) is 17.7 Å². The van der Waals surface area contributed by atoms with Gasteiger partial charge in [0.25, 0.3) is 0 Å². The van der Waals surface area contributed by atoms with Crippen molar-refractivity contribution in [3.8, 4) is 0 Å². The second-order valence-electron chi connectivity index (χ2n) is 4.35. The number of hydrogen-bond acceptors (Lipinski definition) is 3. The zero-order valence-corrected chi connectivity index (χ0v) is 11.1. The number of ether oxygens (including phenoxy) is 1. The molecule has 1 aliphatic rings. The molecule has 1 aromatic heterocycles. The molecule has 1 saturated heterocycles. The second-order valence-corrected chi connectivity index (χ2v) is 6.10. The fraction of sp³-hybridized carbons (Fsp3) is 0.667. The van der Waals surface area contributed by atoms with Crippen LogP contribution in [0.15, 0.2) is 12.1 Å². The first-order valence-corrected chi connectivity index (χ1v) is 7.01. The maximum atomic E-state index is 5.92. The molecule has 0 amide bonds. The molecule has 0 aromatic carbocycles. The van der Waals surface area contributed by atoms with Gasteiger partial charge in [0.05, 0.1) is 10.9 Å². The zero-order valence-electron chi connectivity index (χ0n) is 9.54. The second kappa shape index (κ2) is 6.01. The number of hydrogen-bond donors (Lipinski definition) is 1. The summed E-state index contributed by atoms with van der Waals surface area (Å²) in [5.41, 5.74) is 0. The Hall–Kier alpha value is -0.0900. The van der Waals surface area contributed by atoms with Gasteiger partial charge in [-0.05, 0) is 37.8 Å². The summed E-state index contributed by atoms with van der Waals surface area (Å²) in [7, 11) is 0. The standard InChI is InChI=1S/C12H18ClNOS/c1-9(11-4-5-12(13)16-11)14-7-10-3-2-6-15-8-10/h4-5,9-10,14H,2-3,6-8H2,1H3. The lowest BCUT2D eigenvalue weighted by atomic mass is 10.0. The molecule has 1 aromatic rings. The lowest BCUT2D eigenvalue weighted by molar-refractivity contribution is 0.0540. The van der Waals surface area contributed by atoms with Gasteiger partial charge in [-0.15, -0.1) is 11.3 Å². The highest BCUT2D eigenvalue weighted by molar-refractivity contribution is 7.16. The highest BCUT2D eigenvalue weighted by Gasteiger charge is 2.15. The van der Waals surface area contributed by atoms with Crippen LogP contribution in [0.5, 0.6) is 0 Å². The first-order chi connectivity index (χ1) is 7.75. The SMILES string of the molecule is CC(NCC1CCCOC1)c1ccc(Cl)s1. The fourth-order valence-electron chi connectivity index (χ4n) is 1.97. The molecule has 2 unspecified atom stereocenters. The largest absolute Gasteiger partial charge is 0.381 e. The molecule has 90 valence electrons. The minimum absolute atomic E-state index is 0.388. The Kier molecular flexibility index (Phi) is 4.65. The van der Waals surface area contributed by atoms with E-state index in [0.717, 1.165) is 24.1 Å². The van der Waals surface area contributed by atoms with Crippen molar-refractivity contribution >= 4 is 22.9 Å². The van der Waals surface area contributed by atoms with Gasteiger partial charge in [0, 0.05) is 24.1 Å². The molecule has 4 heteroatoms. The van der Waals surface area contributed by atoms with E-state index < -0.39 is 0 Å². The maximum absolute atomic E-state index is 5.92. The van der Waals surface area contributed by atoms with E-state index in [9.17, 15) is 0 Å². The maximum Gasteiger partial charge on any atom is 0.0931 e. The first-order valence-electron chi connectivity index (χ1n) is 5.82. The van der Waals surface area contributed by atoms with Crippen molar-refractivity contribution < 1.29 is 4.74 Å². The minimum atomic E-state index is 0.388. The summed E-state index contributed by atoms with van der Waals surface area (Å²) in [6, 6.07) is 4.45. The summed E-state index contributed by atoms with van der Waals surface area (Å²) in [6.07, 6.45) is 2.48. The van der Waals surface area contributed by atoms with Gasteiger partial charge >= 0.3 is 0 Å². The van der Waals surface area contributed by atoms with Crippen LogP contribution >= 0.6 is 22.9 Å². The van der Waals surface area contributed by atoms with Gasteiger partial charge in [-0.1, -0.05) is 11.6 Å². The molecule has 2 rings (SSSR count). The van der Waals surface area contributed by atoms with Crippen LogP contribution in [0.4, 0.5) is 0 Å². The van der Waals surface area contributed by atoms with Crippen LogP contribution in [0.3, 0.4) is 0 Å². The average molecular weight is 260 g/mol. The topological polar surface area (TPSA) is 21.3 Å². The number of rotatable bonds is 4. The van der Waals surface area contributed by atoms with Gasteiger partial charge in [-0.3, -0.25) is 0 Å². The minimum Gasteiger partial charge on any atom is -0.381 e. The number of thiophene rings is 1. The van der Waals surface area contributed by atoms with Crippen LogP contribution in [0, 0.1) is 5.92 Å². The number of halogens is 1. The van der Waals surface area contributed by atoms with Crippen molar-refractivity contribution in [2.24, 2.45) is 5.92 Å². The monoisotopic (exact) mass is 259 g/mol. The predicted octanol–water partition coefficient (Wildman–Crippen LogP) is 3.48. The average Bonchev–Trinajstić information content (AvgIpc) is 2.74. The molecule has 2 heterocycles. The normalized spacial score (nSPS) is 23.2. The van der Waals surface area contributed by atoms with Crippen LogP contribution in [0.1, 0.15) is 30.7 Å². The van der Waals surface area contributed by atoms with Crippen LogP contribution in [-0.4, -0.2) is 19.8 Å². The first kappa shape index (κ1) is 12.4. The van der Waals surface area contributed by atoms with Crippen LogP contribution in [0.25, 0.3) is 0 Å². The third-order valence-corrected chi connectivity index (χ3v) is 4.40. The lowest BCUT2D eigenvalue weighted by Gasteiger charge is -2.24. The Bertz CT molecular complexity index is 323. The number of nitrogens with one attached hydrogen (secondary N) is 1. The Morgan fingerprint density at radius 3 is 3.12 bits per heavy atom. The van der Waals surface area contributed by atoms with Gasteiger partial charge < -0.3 is 10.1 Å². The molecule has 1 aliphatic heterocycles. The van der Waals surface area contributed by atoms with Crippen molar-refractivity contribution in [3.05, 3.63) is 21.3 Å². The highest BCUT2D eigenvalue weighted by atomic mass is 35.5. The predicted molar refractivity (Wildman–Crippen MR) is 69.3 cm³/mol. The molecular weight excluding hydrogens is 242 g/mol. The molecule has 2 atom stereocenters. The van der Waals surface area contributed by atoms with Crippen molar-refractivity contribution in [2.45, 2.75) is 25.8 Å². The quantitative estimate of drug-likeness (QED) is 0.894. The molecule has 0 saturated carbocycles. The van der Waals surface area contributed by atoms with E-state index in [0.29, 0.717) is 12.0 Å². The summed E-state index contributed by atoms with van der Waals surface area (Å²) in [4.78, 5) is 1.31. The molecule has 2 nitrogen and oxygen atoms in total. The Labute approximate surface area is 106 Å². The molecular formula is C12H18ClNOS. The van der Waals surface area contributed by atoms with Crippen LogP contribution in [-0.2, 0) is 4.74 Å². The highest BCUT2D eigenvalue weighted by Crippen LogP contribution is 2.26. The summed E-state index contributed by atoms with van der Waals surface area (Å²) >= 11 is 7.58.